The van der Waals surface area contributed by atoms with E-state index in [-0.39, 0.29) is 17.2 Å². The number of phenols is 1. The van der Waals surface area contributed by atoms with Gasteiger partial charge in [-0.15, -0.1) is 0 Å². The molecule has 1 unspecified atom stereocenters. The Hall–Kier alpha value is -1.97. The van der Waals surface area contributed by atoms with E-state index in [1.165, 1.54) is 24.3 Å². The smallest absolute Gasteiger partial charge is 0.508 e. The second kappa shape index (κ2) is 5.57. The predicted molar refractivity (Wildman–Crippen MR) is 75.1 cm³/mol. The van der Waals surface area contributed by atoms with E-state index in [9.17, 15) is 14.6 Å². The maximum absolute atomic E-state index is 12.0. The van der Waals surface area contributed by atoms with Crippen molar-refractivity contribution in [1.29, 1.82) is 0 Å². The number of benzene rings is 2. The standard InChI is InChI=1S/C14H15O5P/c1-10-5-3-8-14(11(10)2)19-20(16,17)18-13-7-4-6-12(15)9-13/h3-9,15H,1-2H3,(H,16,17). The Balaban J connectivity index is 2.19. The molecule has 0 bridgehead atoms. The molecule has 2 N–H and O–H groups in total. The summed E-state index contributed by atoms with van der Waals surface area (Å²) in [4.78, 5) is 9.76. The number of phosphoric acid groups is 1. The van der Waals surface area contributed by atoms with Crippen molar-refractivity contribution in [3.63, 3.8) is 0 Å². The molecular weight excluding hydrogens is 279 g/mol. The molecule has 0 radical (unpaired) electrons. The average Bonchev–Trinajstić information content (AvgIpc) is 2.34. The molecule has 0 heterocycles. The van der Waals surface area contributed by atoms with Crippen LogP contribution < -0.4 is 9.05 Å². The van der Waals surface area contributed by atoms with Crippen LogP contribution in [0.5, 0.6) is 17.2 Å². The van der Waals surface area contributed by atoms with E-state index in [0.29, 0.717) is 0 Å². The highest BCUT2D eigenvalue weighted by molar-refractivity contribution is 7.48. The molecule has 0 aliphatic carbocycles. The first-order chi connectivity index (χ1) is 9.37. The number of phosphoric ester groups is 1. The summed E-state index contributed by atoms with van der Waals surface area (Å²) >= 11 is 0. The molecule has 0 spiro atoms. The lowest BCUT2D eigenvalue weighted by Gasteiger charge is -2.16. The summed E-state index contributed by atoms with van der Waals surface area (Å²) in [5, 5.41) is 9.29. The molecule has 0 saturated carbocycles. The molecular formula is C14H15O5P. The topological polar surface area (TPSA) is 76.0 Å². The van der Waals surface area contributed by atoms with Crippen molar-refractivity contribution in [2.24, 2.45) is 0 Å². The van der Waals surface area contributed by atoms with Crippen molar-refractivity contribution in [1.82, 2.24) is 0 Å². The minimum Gasteiger partial charge on any atom is -0.508 e. The van der Waals surface area contributed by atoms with Gasteiger partial charge in [-0.2, -0.15) is 0 Å². The highest BCUT2D eigenvalue weighted by Crippen LogP contribution is 2.45. The zero-order valence-corrected chi connectivity index (χ0v) is 12.0. The lowest BCUT2D eigenvalue weighted by Crippen LogP contribution is -2.01. The van der Waals surface area contributed by atoms with E-state index >= 15 is 0 Å². The second-order valence-corrected chi connectivity index (χ2v) is 5.65. The van der Waals surface area contributed by atoms with Gasteiger partial charge in [-0.3, -0.25) is 4.89 Å². The van der Waals surface area contributed by atoms with E-state index in [0.717, 1.165) is 11.1 Å². The van der Waals surface area contributed by atoms with Crippen molar-refractivity contribution in [2.45, 2.75) is 13.8 Å². The Bertz CT molecular complexity index is 668. The first kappa shape index (κ1) is 14.4. The molecule has 5 nitrogen and oxygen atoms in total. The molecule has 0 aliphatic rings. The molecule has 2 rings (SSSR count). The molecule has 0 saturated heterocycles. The van der Waals surface area contributed by atoms with E-state index < -0.39 is 7.82 Å². The minimum atomic E-state index is -4.31. The third-order valence-electron chi connectivity index (χ3n) is 2.81. The predicted octanol–water partition coefficient (Wildman–Crippen LogP) is 3.57. The van der Waals surface area contributed by atoms with Crippen LogP contribution in [0.15, 0.2) is 42.5 Å². The highest BCUT2D eigenvalue weighted by atomic mass is 31.2. The number of aromatic hydroxyl groups is 1. The van der Waals surface area contributed by atoms with Gasteiger partial charge in [-0.1, -0.05) is 18.2 Å². The largest absolute Gasteiger partial charge is 0.584 e. The van der Waals surface area contributed by atoms with Crippen LogP contribution in [0.1, 0.15) is 11.1 Å². The first-order valence-corrected chi connectivity index (χ1v) is 7.44. The van der Waals surface area contributed by atoms with Crippen LogP contribution in [-0.4, -0.2) is 10.00 Å². The van der Waals surface area contributed by atoms with Gasteiger partial charge in [0.05, 0.1) is 0 Å². The molecule has 0 fully saturated rings. The summed E-state index contributed by atoms with van der Waals surface area (Å²) in [6.45, 7) is 3.67. The van der Waals surface area contributed by atoms with Gasteiger partial charge >= 0.3 is 7.82 Å². The summed E-state index contributed by atoms with van der Waals surface area (Å²) < 4.78 is 21.9. The number of aryl methyl sites for hydroxylation is 1. The van der Waals surface area contributed by atoms with E-state index in [1.807, 2.05) is 13.0 Å². The summed E-state index contributed by atoms with van der Waals surface area (Å²) in [5.74, 6) is 0.284. The summed E-state index contributed by atoms with van der Waals surface area (Å²) in [6, 6.07) is 10.8. The van der Waals surface area contributed by atoms with Crippen molar-refractivity contribution < 1.29 is 23.6 Å². The molecule has 6 heteroatoms. The Morgan fingerprint density at radius 2 is 1.75 bits per heavy atom. The van der Waals surface area contributed by atoms with Crippen LogP contribution >= 0.6 is 7.82 Å². The summed E-state index contributed by atoms with van der Waals surface area (Å²) in [7, 11) is -4.31. The van der Waals surface area contributed by atoms with Gasteiger partial charge in [0, 0.05) is 6.07 Å². The van der Waals surface area contributed by atoms with E-state index in [2.05, 4.69) is 0 Å². The molecule has 2 aromatic rings. The zero-order valence-electron chi connectivity index (χ0n) is 11.1. The Morgan fingerprint density at radius 1 is 1.05 bits per heavy atom. The summed E-state index contributed by atoms with van der Waals surface area (Å²) in [5.41, 5.74) is 1.71. The lowest BCUT2D eigenvalue weighted by atomic mass is 10.1. The quantitative estimate of drug-likeness (QED) is 0.843. The molecule has 1 atom stereocenters. The monoisotopic (exact) mass is 294 g/mol. The van der Waals surface area contributed by atoms with Crippen LogP contribution in [0.4, 0.5) is 0 Å². The number of hydrogen-bond acceptors (Lipinski definition) is 4. The number of phenolic OH excluding ortho intramolecular Hbond substituents is 1. The molecule has 106 valence electrons. The average molecular weight is 294 g/mol. The highest BCUT2D eigenvalue weighted by Gasteiger charge is 2.26. The molecule has 20 heavy (non-hydrogen) atoms. The van der Waals surface area contributed by atoms with Crippen molar-refractivity contribution in [2.75, 3.05) is 0 Å². The van der Waals surface area contributed by atoms with Crippen molar-refractivity contribution >= 4 is 7.82 Å². The third-order valence-corrected chi connectivity index (χ3v) is 3.68. The third kappa shape index (κ3) is 3.53. The van der Waals surface area contributed by atoms with Gasteiger partial charge in [0.15, 0.2) is 0 Å². The SMILES string of the molecule is Cc1cccc(OP(=O)(O)Oc2cccc(O)c2)c1C. The normalized spacial score (nSPS) is 13.6. The summed E-state index contributed by atoms with van der Waals surface area (Å²) in [6.07, 6.45) is 0. The molecule has 0 aromatic heterocycles. The number of rotatable bonds is 4. The van der Waals surface area contributed by atoms with Crippen molar-refractivity contribution in [3.8, 4) is 17.2 Å². The first-order valence-electron chi connectivity index (χ1n) is 5.94. The zero-order chi connectivity index (χ0) is 14.8. The number of hydrogen-bond donors (Lipinski definition) is 2. The minimum absolute atomic E-state index is 0.0566. The maximum Gasteiger partial charge on any atom is 0.584 e. The Kier molecular flexibility index (Phi) is 4.02. The molecule has 0 aliphatic heterocycles. The van der Waals surface area contributed by atoms with Gasteiger partial charge in [0.1, 0.15) is 17.2 Å². The van der Waals surface area contributed by atoms with Crippen LogP contribution in [-0.2, 0) is 4.57 Å². The van der Waals surface area contributed by atoms with Gasteiger partial charge in [0.25, 0.3) is 0 Å². The maximum atomic E-state index is 12.0. The fourth-order valence-corrected chi connectivity index (χ4v) is 2.50. The Labute approximate surface area is 117 Å². The fraction of sp³-hybridized carbons (Fsp3) is 0.143. The van der Waals surface area contributed by atoms with Crippen LogP contribution in [0.3, 0.4) is 0 Å². The van der Waals surface area contributed by atoms with Crippen LogP contribution in [0.25, 0.3) is 0 Å². The van der Waals surface area contributed by atoms with Crippen LogP contribution in [0, 0.1) is 13.8 Å². The second-order valence-electron chi connectivity index (χ2n) is 4.35. The van der Waals surface area contributed by atoms with Gasteiger partial charge in [-0.25, -0.2) is 4.57 Å². The molecule has 0 amide bonds. The van der Waals surface area contributed by atoms with Crippen LogP contribution in [0.2, 0.25) is 0 Å². The Morgan fingerprint density at radius 3 is 2.45 bits per heavy atom. The fourth-order valence-electron chi connectivity index (χ4n) is 1.64. The van der Waals surface area contributed by atoms with E-state index in [1.54, 1.807) is 19.1 Å². The lowest BCUT2D eigenvalue weighted by molar-refractivity contribution is 0.290. The van der Waals surface area contributed by atoms with Gasteiger partial charge in [-0.05, 0) is 43.2 Å². The van der Waals surface area contributed by atoms with Gasteiger partial charge < -0.3 is 14.2 Å². The molecule has 2 aromatic carbocycles. The van der Waals surface area contributed by atoms with Gasteiger partial charge in [0.2, 0.25) is 0 Å². The van der Waals surface area contributed by atoms with E-state index in [4.69, 9.17) is 9.05 Å². The van der Waals surface area contributed by atoms with Crippen molar-refractivity contribution in [3.05, 3.63) is 53.6 Å².